The average Bonchev–Trinajstić information content (AvgIpc) is 3.06. The van der Waals surface area contributed by atoms with Crippen molar-refractivity contribution in [3.63, 3.8) is 0 Å². The molecule has 122 valence electrons. The number of nitrogens with zero attached hydrogens (tertiary/aromatic N) is 4. The molecule has 3 aromatic rings. The smallest absolute Gasteiger partial charge is 0.277 e. The van der Waals surface area contributed by atoms with Gasteiger partial charge in [-0.25, -0.2) is 4.68 Å². The molecule has 0 spiro atoms. The van der Waals surface area contributed by atoms with Crippen LogP contribution in [0.3, 0.4) is 0 Å². The Bertz CT molecular complexity index is 904. The Morgan fingerprint density at radius 3 is 2.75 bits per heavy atom. The summed E-state index contributed by atoms with van der Waals surface area (Å²) in [6, 6.07) is 12.3. The van der Waals surface area contributed by atoms with E-state index < -0.39 is 5.91 Å². The van der Waals surface area contributed by atoms with Crippen LogP contribution in [0.1, 0.15) is 23.8 Å². The fourth-order valence-electron chi connectivity index (χ4n) is 2.08. The second-order valence-corrected chi connectivity index (χ2v) is 5.78. The minimum Gasteiger partial charge on any atom is -0.295 e. The van der Waals surface area contributed by atoms with Crippen LogP contribution in [0.15, 0.2) is 47.3 Å². The van der Waals surface area contributed by atoms with Crippen LogP contribution in [0.2, 0.25) is 0 Å². The Morgan fingerprint density at radius 2 is 2.00 bits per heavy atom. The molecule has 0 radical (unpaired) electrons. The number of carbonyl (C=O) groups excluding carboxylic acids is 1. The molecule has 0 aliphatic heterocycles. The lowest BCUT2D eigenvalue weighted by Crippen LogP contribution is -2.26. The average molecular weight is 341 g/mol. The fraction of sp³-hybridized carbons (Fsp3) is 0.188. The van der Waals surface area contributed by atoms with Gasteiger partial charge in [-0.15, -0.1) is 0 Å². The highest BCUT2D eigenvalue weighted by Gasteiger charge is 2.13. The standard InChI is InChI=1S/C16H15N5O2S/c1-2-10-21-13(22)9-8-12(19-21)15(23)18-16-17-14(20-24-16)11-6-4-3-5-7-11/h3-9H,2,10H2,1H3,(H,17,18,20,23). The molecule has 0 aliphatic carbocycles. The van der Waals surface area contributed by atoms with E-state index in [1.807, 2.05) is 37.3 Å². The molecule has 7 nitrogen and oxygen atoms in total. The van der Waals surface area contributed by atoms with Crippen molar-refractivity contribution in [1.29, 1.82) is 0 Å². The van der Waals surface area contributed by atoms with Crippen molar-refractivity contribution in [2.45, 2.75) is 19.9 Å². The SMILES string of the molecule is CCCn1nc(C(=O)Nc2nc(-c3ccccc3)ns2)ccc1=O. The third-order valence-corrected chi connectivity index (χ3v) is 3.84. The third kappa shape index (κ3) is 3.54. The predicted molar refractivity (Wildman–Crippen MR) is 92.1 cm³/mol. The van der Waals surface area contributed by atoms with E-state index in [1.54, 1.807) is 0 Å². The van der Waals surface area contributed by atoms with Crippen LogP contribution in [0, 0.1) is 0 Å². The first-order chi connectivity index (χ1) is 11.7. The molecule has 0 unspecified atom stereocenters. The van der Waals surface area contributed by atoms with Gasteiger partial charge in [0.1, 0.15) is 5.69 Å². The van der Waals surface area contributed by atoms with E-state index in [0.717, 1.165) is 23.5 Å². The first kappa shape index (κ1) is 16.0. The normalized spacial score (nSPS) is 10.5. The topological polar surface area (TPSA) is 89.8 Å². The Kier molecular flexibility index (Phi) is 4.76. The second kappa shape index (κ2) is 7.14. The van der Waals surface area contributed by atoms with Gasteiger partial charge in [0.25, 0.3) is 11.5 Å². The number of anilines is 1. The maximum Gasteiger partial charge on any atom is 0.277 e. The largest absolute Gasteiger partial charge is 0.295 e. The molecule has 1 N–H and O–H groups in total. The quantitative estimate of drug-likeness (QED) is 0.770. The van der Waals surface area contributed by atoms with Crippen LogP contribution in [-0.2, 0) is 6.54 Å². The number of nitrogens with one attached hydrogen (secondary N) is 1. The van der Waals surface area contributed by atoms with Crippen molar-refractivity contribution in [2.24, 2.45) is 0 Å². The maximum absolute atomic E-state index is 12.3. The number of benzene rings is 1. The van der Waals surface area contributed by atoms with Crippen LogP contribution in [-0.4, -0.2) is 25.0 Å². The molecule has 2 heterocycles. The Balaban J connectivity index is 1.77. The minimum absolute atomic E-state index is 0.166. The van der Waals surface area contributed by atoms with Crippen molar-refractivity contribution in [3.8, 4) is 11.4 Å². The summed E-state index contributed by atoms with van der Waals surface area (Å²) in [6.45, 7) is 2.41. The molecular weight excluding hydrogens is 326 g/mol. The number of hydrogen-bond donors (Lipinski definition) is 1. The first-order valence-electron chi connectivity index (χ1n) is 7.46. The summed E-state index contributed by atoms with van der Waals surface area (Å²) in [6.07, 6.45) is 0.759. The zero-order valence-corrected chi connectivity index (χ0v) is 13.8. The van der Waals surface area contributed by atoms with E-state index in [1.165, 1.54) is 16.8 Å². The number of hydrogen-bond acceptors (Lipinski definition) is 6. The molecule has 1 amide bonds. The summed E-state index contributed by atoms with van der Waals surface area (Å²) in [5.41, 5.74) is 0.819. The molecule has 0 aliphatic rings. The van der Waals surface area contributed by atoms with Crippen LogP contribution < -0.4 is 10.9 Å². The minimum atomic E-state index is -0.421. The van der Waals surface area contributed by atoms with E-state index in [0.29, 0.717) is 17.5 Å². The molecule has 0 saturated carbocycles. The van der Waals surface area contributed by atoms with Gasteiger partial charge < -0.3 is 0 Å². The Hall–Kier alpha value is -2.87. The summed E-state index contributed by atoms with van der Waals surface area (Å²) in [4.78, 5) is 28.2. The van der Waals surface area contributed by atoms with Gasteiger partial charge in [-0.1, -0.05) is 37.3 Å². The zero-order chi connectivity index (χ0) is 16.9. The maximum atomic E-state index is 12.3. The number of carbonyl (C=O) groups is 1. The molecule has 0 atom stereocenters. The summed E-state index contributed by atoms with van der Waals surface area (Å²) in [7, 11) is 0. The van der Waals surface area contributed by atoms with E-state index in [-0.39, 0.29) is 11.3 Å². The molecule has 0 fully saturated rings. The molecule has 1 aromatic carbocycles. The summed E-state index contributed by atoms with van der Waals surface area (Å²) in [5, 5.41) is 7.12. The molecule has 0 bridgehead atoms. The Morgan fingerprint density at radius 1 is 1.21 bits per heavy atom. The summed E-state index contributed by atoms with van der Waals surface area (Å²) >= 11 is 1.10. The van der Waals surface area contributed by atoms with Gasteiger partial charge in [-0.3, -0.25) is 14.9 Å². The zero-order valence-electron chi connectivity index (χ0n) is 13.0. The van der Waals surface area contributed by atoms with Gasteiger partial charge in [0.15, 0.2) is 5.82 Å². The Labute approximate surface area is 142 Å². The van der Waals surface area contributed by atoms with Crippen molar-refractivity contribution in [1.82, 2.24) is 19.1 Å². The number of aromatic nitrogens is 4. The van der Waals surface area contributed by atoms with E-state index in [2.05, 4.69) is 19.8 Å². The van der Waals surface area contributed by atoms with Crippen molar-refractivity contribution in [3.05, 3.63) is 58.5 Å². The van der Waals surface area contributed by atoms with E-state index >= 15 is 0 Å². The highest BCUT2D eigenvalue weighted by molar-refractivity contribution is 7.10. The van der Waals surface area contributed by atoms with Crippen LogP contribution in [0.25, 0.3) is 11.4 Å². The molecular formula is C16H15N5O2S. The molecule has 2 aromatic heterocycles. The first-order valence-corrected chi connectivity index (χ1v) is 8.23. The second-order valence-electron chi connectivity index (χ2n) is 5.02. The van der Waals surface area contributed by atoms with E-state index in [4.69, 9.17) is 0 Å². The van der Waals surface area contributed by atoms with Gasteiger partial charge in [0, 0.05) is 29.7 Å². The monoisotopic (exact) mass is 341 g/mol. The van der Waals surface area contributed by atoms with Crippen LogP contribution in [0.4, 0.5) is 5.13 Å². The number of amides is 1. The summed E-state index contributed by atoms with van der Waals surface area (Å²) < 4.78 is 5.52. The predicted octanol–water partition coefficient (Wildman–Crippen LogP) is 2.42. The van der Waals surface area contributed by atoms with Gasteiger partial charge in [-0.05, 0) is 12.5 Å². The summed E-state index contributed by atoms with van der Waals surface area (Å²) in [5.74, 6) is 0.135. The third-order valence-electron chi connectivity index (χ3n) is 3.21. The lowest BCUT2D eigenvalue weighted by Gasteiger charge is -2.05. The lowest BCUT2D eigenvalue weighted by atomic mass is 10.2. The molecule has 3 rings (SSSR count). The highest BCUT2D eigenvalue weighted by Crippen LogP contribution is 2.20. The van der Waals surface area contributed by atoms with Crippen molar-refractivity contribution >= 4 is 22.6 Å². The fourth-order valence-corrected chi connectivity index (χ4v) is 2.67. The van der Waals surface area contributed by atoms with Crippen molar-refractivity contribution in [2.75, 3.05) is 5.32 Å². The van der Waals surface area contributed by atoms with Crippen molar-refractivity contribution < 1.29 is 4.79 Å². The van der Waals surface area contributed by atoms with Gasteiger partial charge >= 0.3 is 0 Å². The van der Waals surface area contributed by atoms with Gasteiger partial charge in [-0.2, -0.15) is 14.5 Å². The van der Waals surface area contributed by atoms with E-state index in [9.17, 15) is 9.59 Å². The highest BCUT2D eigenvalue weighted by atomic mass is 32.1. The van der Waals surface area contributed by atoms with Gasteiger partial charge in [0.05, 0.1) is 0 Å². The number of aryl methyl sites for hydroxylation is 1. The molecule has 8 heteroatoms. The number of rotatable bonds is 5. The van der Waals surface area contributed by atoms with Gasteiger partial charge in [0.2, 0.25) is 5.13 Å². The van der Waals surface area contributed by atoms with Crippen LogP contribution in [0.5, 0.6) is 0 Å². The molecule has 0 saturated heterocycles. The lowest BCUT2D eigenvalue weighted by molar-refractivity contribution is 0.101. The van der Waals surface area contributed by atoms with Crippen LogP contribution >= 0.6 is 11.5 Å². The molecule has 24 heavy (non-hydrogen) atoms.